The zero-order chi connectivity index (χ0) is 18.2. The fourth-order valence-corrected chi connectivity index (χ4v) is 3.81. The van der Waals surface area contributed by atoms with E-state index in [0.717, 1.165) is 21.6 Å². The number of hydrogen-bond acceptors (Lipinski definition) is 6. The van der Waals surface area contributed by atoms with E-state index in [4.69, 9.17) is 0 Å². The number of nitrogens with one attached hydrogen (secondary N) is 2. The number of nitrogens with zero attached hydrogens (tertiary/aromatic N) is 2. The SMILES string of the molecule is CCc1ccc(NC(=O)CSc2nnc(NCc3ccccc3)s2)cc1. The number of carbonyl (C=O) groups is 1. The number of carbonyl (C=O) groups excluding carboxylic acids is 1. The van der Waals surface area contributed by atoms with Crippen LogP contribution >= 0.6 is 23.1 Å². The van der Waals surface area contributed by atoms with Crippen molar-refractivity contribution in [1.82, 2.24) is 10.2 Å². The highest BCUT2D eigenvalue weighted by atomic mass is 32.2. The molecule has 0 aliphatic heterocycles. The summed E-state index contributed by atoms with van der Waals surface area (Å²) in [6.07, 6.45) is 0.988. The second kappa shape index (κ2) is 9.35. The van der Waals surface area contributed by atoms with Crippen LogP contribution in [0.2, 0.25) is 0 Å². The first-order valence-electron chi connectivity index (χ1n) is 8.36. The number of anilines is 2. The standard InChI is InChI=1S/C19H20N4OS2/c1-2-14-8-10-16(11-9-14)21-17(24)13-25-19-23-22-18(26-19)20-12-15-6-4-3-5-7-15/h3-11H,2,12-13H2,1H3,(H,20,22)(H,21,24). The van der Waals surface area contributed by atoms with Gasteiger partial charge in [0.2, 0.25) is 11.0 Å². The van der Waals surface area contributed by atoms with Gasteiger partial charge in [-0.3, -0.25) is 4.79 Å². The van der Waals surface area contributed by atoms with Crippen LogP contribution in [-0.4, -0.2) is 21.9 Å². The highest BCUT2D eigenvalue weighted by Crippen LogP contribution is 2.26. The molecule has 3 aromatic rings. The Hall–Kier alpha value is -2.38. The maximum Gasteiger partial charge on any atom is 0.234 e. The molecule has 26 heavy (non-hydrogen) atoms. The van der Waals surface area contributed by atoms with Crippen LogP contribution in [-0.2, 0) is 17.8 Å². The van der Waals surface area contributed by atoms with E-state index in [9.17, 15) is 4.79 Å². The third kappa shape index (κ3) is 5.57. The Morgan fingerprint density at radius 2 is 1.81 bits per heavy atom. The van der Waals surface area contributed by atoms with E-state index in [2.05, 4.69) is 39.9 Å². The fourth-order valence-electron chi connectivity index (χ4n) is 2.26. The van der Waals surface area contributed by atoms with Crippen molar-refractivity contribution in [1.29, 1.82) is 0 Å². The normalized spacial score (nSPS) is 10.5. The number of amides is 1. The van der Waals surface area contributed by atoms with E-state index in [0.29, 0.717) is 12.3 Å². The fraction of sp³-hybridized carbons (Fsp3) is 0.211. The Kier molecular flexibility index (Phi) is 6.62. The van der Waals surface area contributed by atoms with Crippen molar-refractivity contribution < 1.29 is 4.79 Å². The number of benzene rings is 2. The van der Waals surface area contributed by atoms with Crippen LogP contribution in [0.5, 0.6) is 0 Å². The van der Waals surface area contributed by atoms with Gasteiger partial charge in [0.25, 0.3) is 0 Å². The van der Waals surface area contributed by atoms with Crippen molar-refractivity contribution in [3.05, 3.63) is 65.7 Å². The molecule has 0 fully saturated rings. The van der Waals surface area contributed by atoms with Gasteiger partial charge in [-0.25, -0.2) is 0 Å². The molecule has 0 saturated carbocycles. The summed E-state index contributed by atoms with van der Waals surface area (Å²) < 4.78 is 0.775. The van der Waals surface area contributed by atoms with Crippen LogP contribution in [0.3, 0.4) is 0 Å². The van der Waals surface area contributed by atoms with E-state index < -0.39 is 0 Å². The summed E-state index contributed by atoms with van der Waals surface area (Å²) in [5.74, 6) is 0.260. The van der Waals surface area contributed by atoms with E-state index >= 15 is 0 Å². The molecule has 134 valence electrons. The lowest BCUT2D eigenvalue weighted by Gasteiger charge is -2.05. The summed E-state index contributed by atoms with van der Waals surface area (Å²) in [6.45, 7) is 2.81. The summed E-state index contributed by atoms with van der Waals surface area (Å²) in [6, 6.07) is 18.0. The lowest BCUT2D eigenvalue weighted by Crippen LogP contribution is -2.13. The topological polar surface area (TPSA) is 66.9 Å². The molecule has 1 amide bonds. The number of rotatable bonds is 8. The van der Waals surface area contributed by atoms with Crippen LogP contribution in [0, 0.1) is 0 Å². The molecule has 2 aromatic carbocycles. The molecule has 0 spiro atoms. The third-order valence-corrected chi connectivity index (χ3v) is 5.68. The third-order valence-electron chi connectivity index (χ3n) is 3.67. The van der Waals surface area contributed by atoms with Crippen LogP contribution in [0.25, 0.3) is 0 Å². The highest BCUT2D eigenvalue weighted by molar-refractivity contribution is 8.01. The number of aryl methyl sites for hydroxylation is 1. The van der Waals surface area contributed by atoms with E-state index in [1.165, 1.54) is 34.2 Å². The van der Waals surface area contributed by atoms with Crippen LogP contribution in [0.1, 0.15) is 18.1 Å². The Balaban J connectivity index is 1.44. The Labute approximate surface area is 161 Å². The zero-order valence-electron chi connectivity index (χ0n) is 14.4. The Morgan fingerprint density at radius 1 is 1.04 bits per heavy atom. The van der Waals surface area contributed by atoms with Crippen molar-refractivity contribution in [3.8, 4) is 0 Å². The lowest BCUT2D eigenvalue weighted by molar-refractivity contribution is -0.113. The number of hydrogen-bond donors (Lipinski definition) is 2. The predicted octanol–water partition coefficient (Wildman–Crippen LogP) is 4.44. The van der Waals surface area contributed by atoms with Gasteiger partial charge in [0.05, 0.1) is 5.75 Å². The first-order chi connectivity index (χ1) is 12.7. The van der Waals surface area contributed by atoms with Gasteiger partial charge in [0.15, 0.2) is 4.34 Å². The molecule has 2 N–H and O–H groups in total. The Bertz CT molecular complexity index is 834. The van der Waals surface area contributed by atoms with Gasteiger partial charge >= 0.3 is 0 Å². The van der Waals surface area contributed by atoms with Gasteiger partial charge in [0, 0.05) is 12.2 Å². The van der Waals surface area contributed by atoms with E-state index in [-0.39, 0.29) is 5.91 Å². The van der Waals surface area contributed by atoms with Gasteiger partial charge in [0.1, 0.15) is 0 Å². The monoisotopic (exact) mass is 384 g/mol. The van der Waals surface area contributed by atoms with E-state index in [1.807, 2.05) is 42.5 Å². The predicted molar refractivity (Wildman–Crippen MR) is 109 cm³/mol. The smallest absolute Gasteiger partial charge is 0.234 e. The summed E-state index contributed by atoms with van der Waals surface area (Å²) in [7, 11) is 0. The molecule has 3 rings (SSSR count). The molecule has 0 aliphatic rings. The second-order valence-electron chi connectivity index (χ2n) is 5.60. The quantitative estimate of drug-likeness (QED) is 0.562. The summed E-state index contributed by atoms with van der Waals surface area (Å²) >= 11 is 2.85. The average molecular weight is 385 g/mol. The van der Waals surface area contributed by atoms with Crippen molar-refractivity contribution in [2.45, 2.75) is 24.2 Å². The van der Waals surface area contributed by atoms with Gasteiger partial charge < -0.3 is 10.6 Å². The van der Waals surface area contributed by atoms with Crippen LogP contribution < -0.4 is 10.6 Å². The average Bonchev–Trinajstić information content (AvgIpc) is 3.14. The minimum Gasteiger partial charge on any atom is -0.356 e. The number of thioether (sulfide) groups is 1. The molecule has 0 aliphatic carbocycles. The highest BCUT2D eigenvalue weighted by Gasteiger charge is 2.08. The molecule has 0 radical (unpaired) electrons. The molecule has 0 atom stereocenters. The maximum absolute atomic E-state index is 12.1. The number of aromatic nitrogens is 2. The molecule has 0 saturated heterocycles. The molecular weight excluding hydrogens is 364 g/mol. The van der Waals surface area contributed by atoms with Crippen LogP contribution in [0.4, 0.5) is 10.8 Å². The summed E-state index contributed by atoms with van der Waals surface area (Å²) in [5, 5.41) is 15.1. The van der Waals surface area contributed by atoms with Crippen molar-refractivity contribution in [2.75, 3.05) is 16.4 Å². The zero-order valence-corrected chi connectivity index (χ0v) is 16.1. The van der Waals surface area contributed by atoms with Gasteiger partial charge in [-0.15, -0.1) is 10.2 Å². The Morgan fingerprint density at radius 3 is 2.54 bits per heavy atom. The van der Waals surface area contributed by atoms with Crippen LogP contribution in [0.15, 0.2) is 58.9 Å². The largest absolute Gasteiger partial charge is 0.356 e. The van der Waals surface area contributed by atoms with Crippen molar-refractivity contribution >= 4 is 39.8 Å². The first-order valence-corrected chi connectivity index (χ1v) is 10.2. The molecule has 0 bridgehead atoms. The molecule has 0 unspecified atom stereocenters. The molecule has 5 nitrogen and oxygen atoms in total. The molecular formula is C19H20N4OS2. The minimum absolute atomic E-state index is 0.0479. The molecule has 7 heteroatoms. The van der Waals surface area contributed by atoms with E-state index in [1.54, 1.807) is 0 Å². The van der Waals surface area contributed by atoms with Gasteiger partial charge in [-0.2, -0.15) is 0 Å². The summed E-state index contributed by atoms with van der Waals surface area (Å²) in [4.78, 5) is 12.1. The van der Waals surface area contributed by atoms with Gasteiger partial charge in [-0.1, -0.05) is 72.5 Å². The van der Waals surface area contributed by atoms with Gasteiger partial charge in [-0.05, 0) is 29.7 Å². The first kappa shape index (κ1) is 18.4. The minimum atomic E-state index is -0.0479. The maximum atomic E-state index is 12.1. The second-order valence-corrected chi connectivity index (χ2v) is 7.80. The van der Waals surface area contributed by atoms with Crippen molar-refractivity contribution in [3.63, 3.8) is 0 Å². The molecule has 1 aromatic heterocycles. The van der Waals surface area contributed by atoms with Crippen molar-refractivity contribution in [2.24, 2.45) is 0 Å². The lowest BCUT2D eigenvalue weighted by atomic mass is 10.1. The summed E-state index contributed by atoms with van der Waals surface area (Å²) in [5.41, 5.74) is 3.25. The molecule has 1 heterocycles.